The smallest absolute Gasteiger partial charge is 0.277 e. The van der Waals surface area contributed by atoms with E-state index in [2.05, 4.69) is 4.99 Å². The summed E-state index contributed by atoms with van der Waals surface area (Å²) in [5.74, 6) is -0.403. The first-order chi connectivity index (χ1) is 9.11. The van der Waals surface area contributed by atoms with Crippen molar-refractivity contribution in [3.63, 3.8) is 0 Å². The van der Waals surface area contributed by atoms with Gasteiger partial charge >= 0.3 is 0 Å². The molecule has 0 atom stereocenters. The maximum Gasteiger partial charge on any atom is 0.277 e. The summed E-state index contributed by atoms with van der Waals surface area (Å²) in [4.78, 5) is 27.1. The van der Waals surface area contributed by atoms with Gasteiger partial charge in [0.05, 0.1) is 11.3 Å². The Labute approximate surface area is 111 Å². The van der Waals surface area contributed by atoms with E-state index in [1.165, 1.54) is 0 Å². The van der Waals surface area contributed by atoms with E-state index in [4.69, 9.17) is 5.73 Å². The van der Waals surface area contributed by atoms with Crippen molar-refractivity contribution >= 4 is 17.9 Å². The van der Waals surface area contributed by atoms with E-state index >= 15 is 0 Å². The molecule has 0 unspecified atom stereocenters. The second kappa shape index (κ2) is 5.44. The number of nitrogens with zero attached hydrogens (tertiary/aromatic N) is 1. The Hall–Kier alpha value is -2.49. The van der Waals surface area contributed by atoms with Gasteiger partial charge in [0, 0.05) is 17.7 Å². The van der Waals surface area contributed by atoms with Crippen LogP contribution in [0, 0.1) is 0 Å². The molecule has 1 aromatic rings. The predicted octanol–water partition coefficient (Wildman–Crippen LogP) is 2.27. The van der Waals surface area contributed by atoms with E-state index in [0.29, 0.717) is 35.2 Å². The van der Waals surface area contributed by atoms with Gasteiger partial charge in [-0.3, -0.25) is 9.59 Å². The highest BCUT2D eigenvalue weighted by Gasteiger charge is 2.13. The Balaban J connectivity index is 2.32. The molecule has 96 valence electrons. The van der Waals surface area contributed by atoms with Gasteiger partial charge in [0.25, 0.3) is 5.91 Å². The molecule has 1 aliphatic rings. The third-order valence-electron chi connectivity index (χ3n) is 2.92. The van der Waals surface area contributed by atoms with Crippen LogP contribution < -0.4 is 5.73 Å². The first-order valence-electron chi connectivity index (χ1n) is 5.92. The number of carbonyl (C=O) groups is 2. The Morgan fingerprint density at radius 1 is 1.37 bits per heavy atom. The Kier molecular flexibility index (Phi) is 3.71. The zero-order valence-electron chi connectivity index (χ0n) is 10.6. The summed E-state index contributed by atoms with van der Waals surface area (Å²) in [6, 6.07) is 6.62. The topological polar surface area (TPSA) is 72.5 Å². The van der Waals surface area contributed by atoms with Crippen LogP contribution in [0.4, 0.5) is 0 Å². The van der Waals surface area contributed by atoms with Crippen LogP contribution >= 0.6 is 0 Å². The largest absolute Gasteiger partial charge is 0.399 e. The van der Waals surface area contributed by atoms with Gasteiger partial charge in [-0.05, 0) is 24.6 Å². The van der Waals surface area contributed by atoms with E-state index in [-0.39, 0.29) is 0 Å². The average molecular weight is 254 g/mol. The molecule has 4 heteroatoms. The first kappa shape index (κ1) is 13.0. The van der Waals surface area contributed by atoms with Crippen molar-refractivity contribution in [1.82, 2.24) is 0 Å². The number of rotatable bonds is 2. The molecule has 0 fully saturated rings. The Morgan fingerprint density at radius 3 is 2.79 bits per heavy atom. The minimum atomic E-state index is -0.403. The number of hydrogen-bond acceptors (Lipinski definition) is 3. The summed E-state index contributed by atoms with van der Waals surface area (Å²) in [7, 11) is 0. The molecule has 0 bridgehead atoms. The molecule has 1 aromatic carbocycles. The Morgan fingerprint density at radius 2 is 2.11 bits per heavy atom. The molecule has 4 nitrogen and oxygen atoms in total. The fraction of sp³-hybridized carbons (Fsp3) is 0.133. The molecule has 2 rings (SSSR count). The van der Waals surface area contributed by atoms with Gasteiger partial charge in [-0.15, -0.1) is 0 Å². The lowest BCUT2D eigenvalue weighted by atomic mass is 10.0. The molecule has 19 heavy (non-hydrogen) atoms. The predicted molar refractivity (Wildman–Crippen MR) is 74.2 cm³/mol. The average Bonchev–Trinajstić information content (AvgIpc) is 2.41. The number of aldehydes is 1. The molecular formula is C15H14N2O2. The van der Waals surface area contributed by atoms with Crippen molar-refractivity contribution in [3.05, 3.63) is 58.8 Å². The summed E-state index contributed by atoms with van der Waals surface area (Å²) in [6.45, 7) is 1.86. The van der Waals surface area contributed by atoms with Crippen LogP contribution in [0.25, 0.3) is 0 Å². The second-order valence-corrected chi connectivity index (χ2v) is 4.30. The highest BCUT2D eigenvalue weighted by molar-refractivity contribution is 6.13. The van der Waals surface area contributed by atoms with Gasteiger partial charge in [-0.2, -0.15) is 0 Å². The lowest BCUT2D eigenvalue weighted by Gasteiger charge is -2.10. The normalized spacial score (nSPS) is 16.8. The number of carbonyl (C=O) groups excluding carboxylic acids is 2. The zero-order valence-corrected chi connectivity index (χ0v) is 10.6. The van der Waals surface area contributed by atoms with Crippen molar-refractivity contribution in [1.29, 1.82) is 0 Å². The summed E-state index contributed by atoms with van der Waals surface area (Å²) >= 11 is 0. The monoisotopic (exact) mass is 254 g/mol. The fourth-order valence-corrected chi connectivity index (χ4v) is 1.88. The molecule has 0 aromatic heterocycles. The van der Waals surface area contributed by atoms with Gasteiger partial charge in [0.1, 0.15) is 0 Å². The summed E-state index contributed by atoms with van der Waals surface area (Å²) in [5.41, 5.74) is 8.57. The van der Waals surface area contributed by atoms with Gasteiger partial charge in [0.15, 0.2) is 6.29 Å². The summed E-state index contributed by atoms with van der Waals surface area (Å²) in [6.07, 6.45) is 4.78. The number of aliphatic imine (C=N–C) groups is 1. The molecule has 0 spiro atoms. The third kappa shape index (κ3) is 2.85. The quantitative estimate of drug-likeness (QED) is 0.823. The van der Waals surface area contributed by atoms with Crippen LogP contribution in [0.5, 0.6) is 0 Å². The molecule has 0 saturated carbocycles. The maximum atomic E-state index is 12.1. The number of allylic oxidation sites excluding steroid dienone is 3. The van der Waals surface area contributed by atoms with Gasteiger partial charge in [0.2, 0.25) is 0 Å². The minimum absolute atomic E-state index is 0.320. The molecule has 1 amide bonds. The van der Waals surface area contributed by atoms with Crippen LogP contribution in [0.1, 0.15) is 34.1 Å². The van der Waals surface area contributed by atoms with Crippen LogP contribution in [0.3, 0.4) is 0 Å². The number of amides is 1. The van der Waals surface area contributed by atoms with Crippen molar-refractivity contribution < 1.29 is 9.59 Å². The van der Waals surface area contributed by atoms with Crippen molar-refractivity contribution in [3.8, 4) is 0 Å². The van der Waals surface area contributed by atoms with Crippen LogP contribution in [-0.2, 0) is 0 Å². The SMILES string of the molecule is CC1=CC(N)=CCC1=NC(=O)c1ccccc1C=O. The molecule has 0 heterocycles. The number of hydrogen-bond donors (Lipinski definition) is 1. The van der Waals surface area contributed by atoms with Crippen LogP contribution in [0.15, 0.2) is 52.7 Å². The van der Waals surface area contributed by atoms with Gasteiger partial charge in [-0.25, -0.2) is 4.99 Å². The zero-order chi connectivity index (χ0) is 13.8. The number of nitrogens with two attached hydrogens (primary N) is 1. The third-order valence-corrected chi connectivity index (χ3v) is 2.92. The van der Waals surface area contributed by atoms with Crippen molar-refractivity contribution in [2.24, 2.45) is 10.7 Å². The van der Waals surface area contributed by atoms with E-state index in [9.17, 15) is 9.59 Å². The van der Waals surface area contributed by atoms with Gasteiger partial charge < -0.3 is 5.73 Å². The molecule has 0 saturated heterocycles. The Bertz CT molecular complexity index is 625. The maximum absolute atomic E-state index is 12.1. The highest BCUT2D eigenvalue weighted by Crippen LogP contribution is 2.14. The lowest BCUT2D eigenvalue weighted by molar-refractivity contribution is 0.0995. The van der Waals surface area contributed by atoms with Crippen molar-refractivity contribution in [2.45, 2.75) is 13.3 Å². The fourth-order valence-electron chi connectivity index (χ4n) is 1.88. The van der Waals surface area contributed by atoms with Crippen molar-refractivity contribution in [2.75, 3.05) is 0 Å². The van der Waals surface area contributed by atoms with E-state index in [0.717, 1.165) is 5.57 Å². The van der Waals surface area contributed by atoms with E-state index in [1.807, 2.05) is 13.0 Å². The standard InChI is InChI=1S/C15H14N2O2/c1-10-8-12(16)6-7-14(10)17-15(19)13-5-3-2-4-11(13)9-18/h2-6,8-9H,7,16H2,1H3. The first-order valence-corrected chi connectivity index (χ1v) is 5.92. The molecule has 2 N–H and O–H groups in total. The summed E-state index contributed by atoms with van der Waals surface area (Å²) < 4.78 is 0. The van der Waals surface area contributed by atoms with Crippen LogP contribution in [-0.4, -0.2) is 17.9 Å². The highest BCUT2D eigenvalue weighted by atomic mass is 16.1. The molecule has 0 radical (unpaired) electrons. The van der Waals surface area contributed by atoms with E-state index in [1.54, 1.807) is 30.3 Å². The summed E-state index contributed by atoms with van der Waals surface area (Å²) in [5, 5.41) is 0. The molecular weight excluding hydrogens is 240 g/mol. The number of benzene rings is 1. The van der Waals surface area contributed by atoms with Crippen LogP contribution in [0.2, 0.25) is 0 Å². The van der Waals surface area contributed by atoms with Gasteiger partial charge in [-0.1, -0.05) is 24.3 Å². The molecule has 0 aliphatic heterocycles. The minimum Gasteiger partial charge on any atom is -0.399 e. The molecule has 1 aliphatic carbocycles. The lowest BCUT2D eigenvalue weighted by Crippen LogP contribution is -2.11. The van der Waals surface area contributed by atoms with E-state index < -0.39 is 5.91 Å². The second-order valence-electron chi connectivity index (χ2n) is 4.30.